The topological polar surface area (TPSA) is 52.9 Å². The Morgan fingerprint density at radius 1 is 1.33 bits per heavy atom. The van der Waals surface area contributed by atoms with Gasteiger partial charge in [-0.1, -0.05) is 35.3 Å². The van der Waals surface area contributed by atoms with Gasteiger partial charge in [0.15, 0.2) is 0 Å². The Bertz CT molecular complexity index is 841. The third-order valence-corrected chi connectivity index (χ3v) is 6.42. The molecule has 2 heterocycles. The quantitative estimate of drug-likeness (QED) is 0.762. The minimum absolute atomic E-state index is 0.0657. The molecule has 0 spiro atoms. The molecular formula is C17H12Cl2N2OS2. The lowest BCUT2D eigenvalue weighted by Crippen LogP contribution is -2.30. The highest BCUT2D eigenvalue weighted by Gasteiger charge is 2.30. The molecule has 0 bridgehead atoms. The van der Waals surface area contributed by atoms with E-state index in [1.165, 1.54) is 11.8 Å². The van der Waals surface area contributed by atoms with Crippen LogP contribution in [-0.2, 0) is 10.5 Å². The number of halogens is 2. The van der Waals surface area contributed by atoms with Crippen LogP contribution in [0.4, 0.5) is 0 Å². The van der Waals surface area contributed by atoms with Gasteiger partial charge in [0, 0.05) is 23.0 Å². The van der Waals surface area contributed by atoms with E-state index in [-0.39, 0.29) is 11.8 Å². The van der Waals surface area contributed by atoms with Gasteiger partial charge in [0.05, 0.1) is 26.7 Å². The van der Waals surface area contributed by atoms with Gasteiger partial charge < -0.3 is 5.32 Å². The molecule has 0 unspecified atom stereocenters. The number of carbonyl (C=O) groups is 1. The fraction of sp³-hybridized carbons (Fsp3) is 0.176. The second-order valence-electron chi connectivity index (χ2n) is 5.21. The van der Waals surface area contributed by atoms with Crippen molar-refractivity contribution in [3.63, 3.8) is 0 Å². The second kappa shape index (κ2) is 7.62. The number of nitrogens with zero attached hydrogens (tertiary/aromatic N) is 1. The molecular weight excluding hydrogens is 383 g/mol. The van der Waals surface area contributed by atoms with Crippen LogP contribution >= 0.6 is 46.3 Å². The maximum Gasteiger partial charge on any atom is 0.225 e. The molecule has 1 aromatic heterocycles. The van der Waals surface area contributed by atoms with E-state index in [1.54, 1.807) is 23.5 Å². The molecule has 1 N–H and O–H groups in total. The van der Waals surface area contributed by atoms with Gasteiger partial charge in [0.1, 0.15) is 0 Å². The van der Waals surface area contributed by atoms with Crippen molar-refractivity contribution in [3.8, 4) is 6.07 Å². The molecule has 122 valence electrons. The van der Waals surface area contributed by atoms with Crippen LogP contribution in [0.25, 0.3) is 0 Å². The summed E-state index contributed by atoms with van der Waals surface area (Å²) in [5, 5.41) is 16.0. The van der Waals surface area contributed by atoms with E-state index < -0.39 is 0 Å². The number of amides is 1. The van der Waals surface area contributed by atoms with Crippen molar-refractivity contribution in [2.45, 2.75) is 18.1 Å². The van der Waals surface area contributed by atoms with Gasteiger partial charge >= 0.3 is 0 Å². The van der Waals surface area contributed by atoms with Crippen LogP contribution in [0.3, 0.4) is 0 Å². The fourth-order valence-corrected chi connectivity index (χ4v) is 4.63. The average molecular weight is 395 g/mol. The molecule has 1 aliphatic heterocycles. The summed E-state index contributed by atoms with van der Waals surface area (Å²) in [6.45, 7) is 0. The molecule has 3 nitrogen and oxygen atoms in total. The standard InChI is InChI=1S/C17H12Cl2N2OS2/c18-13-4-3-10(6-14(13)19)9-24-17-12(8-20)11(7-16(22)21-17)15-2-1-5-23-15/h1-6,11H,7,9H2,(H,21,22)/t11-/m0/s1. The van der Waals surface area contributed by atoms with Crippen molar-refractivity contribution < 1.29 is 4.79 Å². The number of allylic oxidation sites excluding steroid dienone is 1. The molecule has 7 heteroatoms. The van der Waals surface area contributed by atoms with Crippen molar-refractivity contribution >= 4 is 52.2 Å². The lowest BCUT2D eigenvalue weighted by molar-refractivity contribution is -0.120. The van der Waals surface area contributed by atoms with E-state index in [1.807, 2.05) is 23.6 Å². The van der Waals surface area contributed by atoms with Crippen LogP contribution in [0, 0.1) is 11.3 Å². The fourth-order valence-electron chi connectivity index (χ4n) is 2.45. The maximum atomic E-state index is 12.0. The van der Waals surface area contributed by atoms with Crippen LogP contribution in [0.2, 0.25) is 10.0 Å². The van der Waals surface area contributed by atoms with E-state index in [4.69, 9.17) is 23.2 Å². The van der Waals surface area contributed by atoms with Crippen LogP contribution < -0.4 is 5.32 Å². The Labute approximate surface area is 158 Å². The average Bonchev–Trinajstić information content (AvgIpc) is 3.09. The molecule has 1 aliphatic rings. The van der Waals surface area contributed by atoms with Crippen LogP contribution in [0.1, 0.15) is 22.8 Å². The summed E-state index contributed by atoms with van der Waals surface area (Å²) in [7, 11) is 0. The van der Waals surface area contributed by atoms with Gasteiger partial charge in [-0.2, -0.15) is 5.26 Å². The highest BCUT2D eigenvalue weighted by Crippen LogP contribution is 2.38. The molecule has 0 saturated heterocycles. The Balaban J connectivity index is 1.84. The second-order valence-corrected chi connectivity index (χ2v) is 7.99. The van der Waals surface area contributed by atoms with Gasteiger partial charge in [0.2, 0.25) is 5.91 Å². The third kappa shape index (κ3) is 3.79. The van der Waals surface area contributed by atoms with Gasteiger partial charge in [-0.25, -0.2) is 0 Å². The summed E-state index contributed by atoms with van der Waals surface area (Å²) in [5.41, 5.74) is 1.59. The predicted molar refractivity (Wildman–Crippen MR) is 100 cm³/mol. The first-order valence-corrected chi connectivity index (χ1v) is 9.75. The van der Waals surface area contributed by atoms with Crippen molar-refractivity contribution in [1.29, 1.82) is 5.26 Å². The van der Waals surface area contributed by atoms with Crippen LogP contribution in [0.15, 0.2) is 46.3 Å². The molecule has 0 radical (unpaired) electrons. The summed E-state index contributed by atoms with van der Waals surface area (Å²) in [6, 6.07) is 11.6. The van der Waals surface area contributed by atoms with E-state index in [9.17, 15) is 10.1 Å². The van der Waals surface area contributed by atoms with Crippen molar-refractivity contribution in [1.82, 2.24) is 5.32 Å². The normalized spacial score (nSPS) is 17.5. The number of hydrogen-bond donors (Lipinski definition) is 1. The van der Waals surface area contributed by atoms with Crippen molar-refractivity contribution in [3.05, 3.63) is 66.8 Å². The van der Waals surface area contributed by atoms with E-state index in [0.717, 1.165) is 10.4 Å². The summed E-state index contributed by atoms with van der Waals surface area (Å²) in [6.07, 6.45) is 0.306. The minimum Gasteiger partial charge on any atom is -0.320 e. The SMILES string of the molecule is N#CC1=C(SCc2ccc(Cl)c(Cl)c2)NC(=O)C[C@@H]1c1cccs1. The van der Waals surface area contributed by atoms with E-state index in [0.29, 0.717) is 32.8 Å². The Morgan fingerprint density at radius 3 is 2.83 bits per heavy atom. The Hall–Kier alpha value is -1.45. The number of thiophene rings is 1. The van der Waals surface area contributed by atoms with Gasteiger partial charge in [-0.15, -0.1) is 23.1 Å². The van der Waals surface area contributed by atoms with E-state index in [2.05, 4.69) is 11.4 Å². The maximum absolute atomic E-state index is 12.0. The summed E-state index contributed by atoms with van der Waals surface area (Å²) < 4.78 is 0. The molecule has 1 atom stereocenters. The molecule has 2 aromatic rings. The number of carbonyl (C=O) groups excluding carboxylic acids is 1. The summed E-state index contributed by atoms with van der Waals surface area (Å²) >= 11 is 14.9. The lowest BCUT2D eigenvalue weighted by atomic mass is 9.93. The van der Waals surface area contributed by atoms with Crippen molar-refractivity contribution in [2.24, 2.45) is 0 Å². The summed E-state index contributed by atoms with van der Waals surface area (Å²) in [5.74, 6) is 0.360. The zero-order valence-electron chi connectivity index (χ0n) is 12.4. The smallest absolute Gasteiger partial charge is 0.225 e. The number of nitrogens with one attached hydrogen (secondary N) is 1. The number of benzene rings is 1. The molecule has 0 aliphatic carbocycles. The zero-order valence-corrected chi connectivity index (χ0v) is 15.5. The third-order valence-electron chi connectivity index (χ3n) is 3.61. The Morgan fingerprint density at radius 2 is 2.17 bits per heavy atom. The number of thioether (sulfide) groups is 1. The molecule has 0 saturated carbocycles. The minimum atomic E-state index is -0.167. The van der Waals surface area contributed by atoms with Crippen LogP contribution in [0.5, 0.6) is 0 Å². The van der Waals surface area contributed by atoms with Gasteiger partial charge in [0.25, 0.3) is 0 Å². The van der Waals surface area contributed by atoms with E-state index >= 15 is 0 Å². The number of nitriles is 1. The zero-order chi connectivity index (χ0) is 17.1. The van der Waals surface area contributed by atoms with Crippen LogP contribution in [-0.4, -0.2) is 5.91 Å². The van der Waals surface area contributed by atoms with Gasteiger partial charge in [-0.3, -0.25) is 4.79 Å². The Kier molecular flexibility index (Phi) is 5.52. The van der Waals surface area contributed by atoms with Gasteiger partial charge in [-0.05, 0) is 29.1 Å². The van der Waals surface area contributed by atoms with Crippen molar-refractivity contribution in [2.75, 3.05) is 0 Å². The molecule has 3 rings (SSSR count). The monoisotopic (exact) mass is 394 g/mol. The number of hydrogen-bond acceptors (Lipinski definition) is 4. The first-order chi connectivity index (χ1) is 11.6. The first-order valence-electron chi connectivity index (χ1n) is 7.12. The molecule has 1 amide bonds. The lowest BCUT2D eigenvalue weighted by Gasteiger charge is -2.24. The predicted octanol–water partition coefficient (Wildman–Crippen LogP) is 5.33. The highest BCUT2D eigenvalue weighted by molar-refractivity contribution is 8.02. The molecule has 1 aromatic carbocycles. The first kappa shape index (κ1) is 17.4. The largest absolute Gasteiger partial charge is 0.320 e. The molecule has 24 heavy (non-hydrogen) atoms. The number of rotatable bonds is 4. The highest BCUT2D eigenvalue weighted by atomic mass is 35.5. The summed E-state index contributed by atoms with van der Waals surface area (Å²) in [4.78, 5) is 13.1. The molecule has 0 fully saturated rings.